The second kappa shape index (κ2) is 7.05. The first-order valence-electron chi connectivity index (χ1n) is 8.57. The van der Waals surface area contributed by atoms with Gasteiger partial charge in [-0.2, -0.15) is 0 Å². The van der Waals surface area contributed by atoms with E-state index in [1.807, 2.05) is 0 Å². The Morgan fingerprint density at radius 3 is 2.45 bits per heavy atom. The average Bonchev–Trinajstić information content (AvgIpc) is 2.57. The predicted octanol–water partition coefficient (Wildman–Crippen LogP) is 3.80. The highest BCUT2D eigenvalue weighted by atomic mass is 19.1. The molecule has 1 N–H and O–H groups in total. The fourth-order valence-corrected chi connectivity index (χ4v) is 4.08. The number of hydrogen-bond donors (Lipinski definition) is 1. The van der Waals surface area contributed by atoms with Crippen LogP contribution in [0.25, 0.3) is 0 Å². The Balaban J connectivity index is 1.98. The standard InChI is InChI=1S/C18H26F2N2/c1-13-7-8-15(19)16(17(13)20)18(14-5-3-2-4-6-14)22-11-9-21-10-12-22/h7-8,14,18,21H,2-6,9-12H2,1H3/t18-/m0/s1. The first-order valence-corrected chi connectivity index (χ1v) is 8.57. The molecule has 2 nitrogen and oxygen atoms in total. The van der Waals surface area contributed by atoms with Crippen molar-refractivity contribution in [2.45, 2.75) is 45.1 Å². The largest absolute Gasteiger partial charge is 0.314 e. The number of hydrogen-bond acceptors (Lipinski definition) is 2. The molecule has 0 amide bonds. The second-order valence-corrected chi connectivity index (χ2v) is 6.72. The lowest BCUT2D eigenvalue weighted by Crippen LogP contribution is -2.47. The molecule has 1 aliphatic heterocycles. The average molecular weight is 308 g/mol. The molecule has 122 valence electrons. The summed E-state index contributed by atoms with van der Waals surface area (Å²) in [4.78, 5) is 2.30. The van der Waals surface area contributed by atoms with Gasteiger partial charge in [0.1, 0.15) is 11.6 Å². The van der Waals surface area contributed by atoms with Gasteiger partial charge in [0, 0.05) is 37.8 Å². The van der Waals surface area contributed by atoms with E-state index in [1.165, 1.54) is 25.3 Å². The summed E-state index contributed by atoms with van der Waals surface area (Å²) in [7, 11) is 0. The Hall–Kier alpha value is -1.00. The molecular formula is C18H26F2N2. The van der Waals surface area contributed by atoms with Crippen molar-refractivity contribution in [3.8, 4) is 0 Å². The van der Waals surface area contributed by atoms with Crippen LogP contribution in [0.15, 0.2) is 12.1 Å². The maximum absolute atomic E-state index is 14.7. The van der Waals surface area contributed by atoms with Crippen molar-refractivity contribution in [1.29, 1.82) is 0 Å². The third-order valence-electron chi connectivity index (χ3n) is 5.26. The number of nitrogens with zero attached hydrogens (tertiary/aromatic N) is 1. The van der Waals surface area contributed by atoms with Gasteiger partial charge in [-0.3, -0.25) is 4.90 Å². The zero-order chi connectivity index (χ0) is 15.5. The summed E-state index contributed by atoms with van der Waals surface area (Å²) in [5, 5.41) is 3.34. The van der Waals surface area contributed by atoms with E-state index < -0.39 is 0 Å². The maximum Gasteiger partial charge on any atom is 0.133 e. The molecule has 0 aromatic heterocycles. The number of benzene rings is 1. The predicted molar refractivity (Wildman–Crippen MR) is 84.9 cm³/mol. The quantitative estimate of drug-likeness (QED) is 0.913. The molecule has 1 aromatic carbocycles. The van der Waals surface area contributed by atoms with Gasteiger partial charge in [0.25, 0.3) is 0 Å². The molecule has 1 heterocycles. The zero-order valence-electron chi connectivity index (χ0n) is 13.4. The Kier molecular flexibility index (Phi) is 5.09. The molecule has 2 fully saturated rings. The van der Waals surface area contributed by atoms with Gasteiger partial charge in [-0.25, -0.2) is 8.78 Å². The molecule has 1 saturated carbocycles. The SMILES string of the molecule is Cc1ccc(F)c([C@H](C2CCCCC2)N2CCNCC2)c1F. The van der Waals surface area contributed by atoms with E-state index in [0.29, 0.717) is 17.0 Å². The monoisotopic (exact) mass is 308 g/mol. The van der Waals surface area contributed by atoms with Crippen molar-refractivity contribution in [1.82, 2.24) is 10.2 Å². The molecule has 2 aliphatic rings. The smallest absolute Gasteiger partial charge is 0.133 e. The summed E-state index contributed by atoms with van der Waals surface area (Å²) < 4.78 is 29.2. The van der Waals surface area contributed by atoms with Crippen molar-refractivity contribution in [2.24, 2.45) is 5.92 Å². The molecule has 22 heavy (non-hydrogen) atoms. The number of aryl methyl sites for hydroxylation is 1. The van der Waals surface area contributed by atoms with E-state index in [4.69, 9.17) is 0 Å². The second-order valence-electron chi connectivity index (χ2n) is 6.72. The van der Waals surface area contributed by atoms with Crippen molar-refractivity contribution in [3.63, 3.8) is 0 Å². The maximum atomic E-state index is 14.7. The zero-order valence-corrected chi connectivity index (χ0v) is 13.4. The third kappa shape index (κ3) is 3.18. The number of piperazine rings is 1. The van der Waals surface area contributed by atoms with Gasteiger partial charge in [0.05, 0.1) is 0 Å². The normalized spacial score (nSPS) is 22.7. The highest BCUT2D eigenvalue weighted by molar-refractivity contribution is 5.30. The van der Waals surface area contributed by atoms with Crippen LogP contribution in [0, 0.1) is 24.5 Å². The first-order chi connectivity index (χ1) is 10.7. The fourth-order valence-electron chi connectivity index (χ4n) is 4.08. The summed E-state index contributed by atoms with van der Waals surface area (Å²) in [6, 6.07) is 2.87. The minimum Gasteiger partial charge on any atom is -0.314 e. The summed E-state index contributed by atoms with van der Waals surface area (Å²) >= 11 is 0. The van der Waals surface area contributed by atoms with Crippen LogP contribution >= 0.6 is 0 Å². The Morgan fingerprint density at radius 1 is 1.09 bits per heavy atom. The minimum absolute atomic E-state index is 0.109. The van der Waals surface area contributed by atoms with Gasteiger partial charge in [-0.1, -0.05) is 25.3 Å². The van der Waals surface area contributed by atoms with E-state index in [1.54, 1.807) is 13.0 Å². The van der Waals surface area contributed by atoms with Crippen molar-refractivity contribution < 1.29 is 8.78 Å². The lowest BCUT2D eigenvalue weighted by Gasteiger charge is -2.41. The van der Waals surface area contributed by atoms with Gasteiger partial charge in [0.15, 0.2) is 0 Å². The van der Waals surface area contributed by atoms with Gasteiger partial charge < -0.3 is 5.32 Å². The highest BCUT2D eigenvalue weighted by Gasteiger charge is 2.34. The molecule has 1 aliphatic carbocycles. The summed E-state index contributed by atoms with van der Waals surface area (Å²) in [5.74, 6) is -0.344. The van der Waals surface area contributed by atoms with Crippen LogP contribution in [-0.2, 0) is 0 Å². The Morgan fingerprint density at radius 2 is 1.77 bits per heavy atom. The molecule has 1 atom stereocenters. The first kappa shape index (κ1) is 15.9. The van der Waals surface area contributed by atoms with Crippen LogP contribution in [0.4, 0.5) is 8.78 Å². The van der Waals surface area contributed by atoms with Crippen LogP contribution in [-0.4, -0.2) is 31.1 Å². The van der Waals surface area contributed by atoms with E-state index in [2.05, 4.69) is 10.2 Å². The van der Waals surface area contributed by atoms with Crippen molar-refractivity contribution in [3.05, 3.63) is 34.9 Å². The highest BCUT2D eigenvalue weighted by Crippen LogP contribution is 2.40. The summed E-state index contributed by atoms with van der Waals surface area (Å²) in [6.07, 6.45) is 5.79. The van der Waals surface area contributed by atoms with Crippen LogP contribution in [0.2, 0.25) is 0 Å². The summed E-state index contributed by atoms with van der Waals surface area (Å²) in [5.41, 5.74) is 0.862. The van der Waals surface area contributed by atoms with Gasteiger partial charge in [-0.15, -0.1) is 0 Å². The van der Waals surface area contributed by atoms with Crippen LogP contribution in [0.5, 0.6) is 0 Å². The van der Waals surface area contributed by atoms with Crippen LogP contribution in [0.3, 0.4) is 0 Å². The molecule has 0 unspecified atom stereocenters. The Labute approximate surface area is 131 Å². The van der Waals surface area contributed by atoms with Crippen LogP contribution < -0.4 is 5.32 Å². The van der Waals surface area contributed by atoms with Crippen molar-refractivity contribution >= 4 is 0 Å². The molecule has 0 spiro atoms. The van der Waals surface area contributed by atoms with E-state index in [9.17, 15) is 8.78 Å². The molecular weight excluding hydrogens is 282 g/mol. The van der Waals surface area contributed by atoms with E-state index in [-0.39, 0.29) is 17.7 Å². The molecule has 1 aromatic rings. The van der Waals surface area contributed by atoms with Gasteiger partial charge >= 0.3 is 0 Å². The Bertz CT molecular complexity index is 488. The van der Waals surface area contributed by atoms with E-state index in [0.717, 1.165) is 39.0 Å². The van der Waals surface area contributed by atoms with Crippen molar-refractivity contribution in [2.75, 3.05) is 26.2 Å². The van der Waals surface area contributed by atoms with Gasteiger partial charge in [0.2, 0.25) is 0 Å². The number of nitrogens with one attached hydrogen (secondary N) is 1. The lowest BCUT2D eigenvalue weighted by atomic mass is 9.79. The molecule has 3 rings (SSSR count). The van der Waals surface area contributed by atoms with Crippen LogP contribution in [0.1, 0.15) is 49.3 Å². The molecule has 0 bridgehead atoms. The minimum atomic E-state index is -0.378. The molecule has 4 heteroatoms. The third-order valence-corrected chi connectivity index (χ3v) is 5.26. The van der Waals surface area contributed by atoms with Gasteiger partial charge in [-0.05, 0) is 37.3 Å². The summed E-state index contributed by atoms with van der Waals surface area (Å²) in [6.45, 7) is 5.27. The number of halogens is 2. The topological polar surface area (TPSA) is 15.3 Å². The fraction of sp³-hybridized carbons (Fsp3) is 0.667. The molecule has 1 saturated heterocycles. The molecule has 0 radical (unpaired) electrons. The van der Waals surface area contributed by atoms with E-state index >= 15 is 0 Å². The number of rotatable bonds is 3. The lowest BCUT2D eigenvalue weighted by molar-refractivity contribution is 0.0975.